The standard InChI is InChI=1S/C10H14IN3O/c11-9-4-12-7-13-10(9)14-3-1-2-8(5-14)6-15/h4,7-8,15H,1-3,5-6H2. The van der Waals surface area contributed by atoms with Crippen molar-refractivity contribution in [3.8, 4) is 0 Å². The molecule has 0 amide bonds. The minimum Gasteiger partial charge on any atom is -0.396 e. The quantitative estimate of drug-likeness (QED) is 0.835. The van der Waals surface area contributed by atoms with Crippen molar-refractivity contribution in [1.82, 2.24) is 9.97 Å². The van der Waals surface area contributed by atoms with Gasteiger partial charge in [-0.1, -0.05) is 0 Å². The monoisotopic (exact) mass is 319 g/mol. The maximum Gasteiger partial charge on any atom is 0.145 e. The van der Waals surface area contributed by atoms with Crippen molar-refractivity contribution in [2.75, 3.05) is 24.6 Å². The molecule has 1 atom stereocenters. The smallest absolute Gasteiger partial charge is 0.145 e. The lowest BCUT2D eigenvalue weighted by Gasteiger charge is -2.33. The summed E-state index contributed by atoms with van der Waals surface area (Å²) < 4.78 is 1.08. The molecule has 15 heavy (non-hydrogen) atoms. The highest BCUT2D eigenvalue weighted by Crippen LogP contribution is 2.24. The molecule has 1 unspecified atom stereocenters. The second kappa shape index (κ2) is 5.07. The number of hydrogen-bond acceptors (Lipinski definition) is 4. The van der Waals surface area contributed by atoms with Crippen LogP contribution in [-0.2, 0) is 0 Å². The largest absolute Gasteiger partial charge is 0.396 e. The van der Waals surface area contributed by atoms with Gasteiger partial charge in [-0.3, -0.25) is 0 Å². The molecule has 1 fully saturated rings. The van der Waals surface area contributed by atoms with Gasteiger partial charge in [0.05, 0.1) is 3.57 Å². The van der Waals surface area contributed by atoms with Crippen LogP contribution >= 0.6 is 22.6 Å². The summed E-state index contributed by atoms with van der Waals surface area (Å²) in [4.78, 5) is 10.5. The Bertz CT molecular complexity index is 334. The number of aromatic nitrogens is 2. The van der Waals surface area contributed by atoms with E-state index >= 15 is 0 Å². The van der Waals surface area contributed by atoms with E-state index in [2.05, 4.69) is 37.5 Å². The van der Waals surface area contributed by atoms with Gasteiger partial charge >= 0.3 is 0 Å². The number of piperidine rings is 1. The van der Waals surface area contributed by atoms with Crippen LogP contribution in [0.3, 0.4) is 0 Å². The molecule has 1 aromatic rings. The lowest BCUT2D eigenvalue weighted by molar-refractivity contribution is 0.208. The molecule has 1 aromatic heterocycles. The van der Waals surface area contributed by atoms with Gasteiger partial charge in [0, 0.05) is 25.9 Å². The molecule has 4 nitrogen and oxygen atoms in total. The van der Waals surface area contributed by atoms with Crippen LogP contribution in [0.25, 0.3) is 0 Å². The van der Waals surface area contributed by atoms with E-state index < -0.39 is 0 Å². The van der Waals surface area contributed by atoms with Crippen LogP contribution < -0.4 is 4.90 Å². The number of hydrogen-bond donors (Lipinski definition) is 1. The van der Waals surface area contributed by atoms with Crippen molar-refractivity contribution in [2.24, 2.45) is 5.92 Å². The fraction of sp³-hybridized carbons (Fsp3) is 0.600. The van der Waals surface area contributed by atoms with Gasteiger partial charge in [0.15, 0.2) is 0 Å². The minimum atomic E-state index is 0.276. The Labute approximate surface area is 103 Å². The van der Waals surface area contributed by atoms with Crippen LogP contribution in [-0.4, -0.2) is 34.8 Å². The van der Waals surface area contributed by atoms with E-state index in [-0.39, 0.29) is 6.61 Å². The van der Waals surface area contributed by atoms with Crippen LogP contribution in [0.4, 0.5) is 5.82 Å². The van der Waals surface area contributed by atoms with Crippen molar-refractivity contribution in [2.45, 2.75) is 12.8 Å². The molecule has 1 aliphatic heterocycles. The Hall–Kier alpha value is -0.430. The van der Waals surface area contributed by atoms with Gasteiger partial charge in [0.25, 0.3) is 0 Å². The van der Waals surface area contributed by atoms with Crippen molar-refractivity contribution in [3.63, 3.8) is 0 Å². The predicted octanol–water partition coefficient (Wildman–Crippen LogP) is 1.29. The Balaban J connectivity index is 2.13. The van der Waals surface area contributed by atoms with Crippen molar-refractivity contribution >= 4 is 28.4 Å². The van der Waals surface area contributed by atoms with E-state index in [0.717, 1.165) is 35.3 Å². The summed E-state index contributed by atoms with van der Waals surface area (Å²) in [5.74, 6) is 1.40. The second-order valence-electron chi connectivity index (χ2n) is 3.83. The number of nitrogens with zero attached hydrogens (tertiary/aromatic N) is 3. The molecule has 0 bridgehead atoms. The fourth-order valence-electron chi connectivity index (χ4n) is 1.95. The summed E-state index contributed by atoms with van der Waals surface area (Å²) in [5.41, 5.74) is 0. The Morgan fingerprint density at radius 2 is 2.47 bits per heavy atom. The number of rotatable bonds is 2. The Kier molecular flexibility index (Phi) is 3.74. The van der Waals surface area contributed by atoms with Crippen LogP contribution in [0.2, 0.25) is 0 Å². The molecular formula is C10H14IN3O. The van der Waals surface area contributed by atoms with E-state index in [1.807, 2.05) is 6.20 Å². The lowest BCUT2D eigenvalue weighted by atomic mass is 9.99. The zero-order valence-corrected chi connectivity index (χ0v) is 10.6. The maximum atomic E-state index is 9.16. The molecule has 0 radical (unpaired) electrons. The zero-order valence-electron chi connectivity index (χ0n) is 8.43. The van der Waals surface area contributed by atoms with Gasteiger partial charge in [0.2, 0.25) is 0 Å². The van der Waals surface area contributed by atoms with Gasteiger partial charge in [0.1, 0.15) is 12.1 Å². The fourth-order valence-corrected chi connectivity index (χ4v) is 2.59. The summed E-state index contributed by atoms with van der Waals surface area (Å²) >= 11 is 2.25. The van der Waals surface area contributed by atoms with Crippen molar-refractivity contribution in [1.29, 1.82) is 0 Å². The summed E-state index contributed by atoms with van der Waals surface area (Å²) in [6, 6.07) is 0. The van der Waals surface area contributed by atoms with Crippen LogP contribution in [0.15, 0.2) is 12.5 Å². The summed E-state index contributed by atoms with van der Waals surface area (Å²) in [5, 5.41) is 9.16. The van der Waals surface area contributed by atoms with Crippen molar-refractivity contribution < 1.29 is 5.11 Å². The van der Waals surface area contributed by atoms with Crippen molar-refractivity contribution in [3.05, 3.63) is 16.1 Å². The van der Waals surface area contributed by atoms with E-state index in [0.29, 0.717) is 5.92 Å². The van der Waals surface area contributed by atoms with E-state index in [1.54, 1.807) is 6.33 Å². The van der Waals surface area contributed by atoms with Gasteiger partial charge in [-0.15, -0.1) is 0 Å². The average molecular weight is 319 g/mol. The SMILES string of the molecule is OCC1CCCN(c2ncncc2I)C1. The molecule has 0 saturated carbocycles. The van der Waals surface area contributed by atoms with Gasteiger partial charge in [-0.05, 0) is 41.4 Å². The molecule has 0 spiro atoms. The topological polar surface area (TPSA) is 49.2 Å². The van der Waals surface area contributed by atoms with Gasteiger partial charge in [-0.25, -0.2) is 9.97 Å². The highest BCUT2D eigenvalue weighted by molar-refractivity contribution is 14.1. The third kappa shape index (κ3) is 2.57. The number of anilines is 1. The summed E-state index contributed by atoms with van der Waals surface area (Å²) in [7, 11) is 0. The van der Waals surface area contributed by atoms with Gasteiger partial charge < -0.3 is 10.0 Å². The molecule has 1 aliphatic rings. The summed E-state index contributed by atoms with van der Waals surface area (Å²) in [6.07, 6.45) is 5.66. The molecule has 5 heteroatoms. The first kappa shape index (κ1) is 11.1. The zero-order chi connectivity index (χ0) is 10.7. The molecule has 0 aliphatic carbocycles. The Morgan fingerprint density at radius 1 is 1.60 bits per heavy atom. The predicted molar refractivity (Wildman–Crippen MR) is 66.8 cm³/mol. The first-order chi connectivity index (χ1) is 7.31. The first-order valence-corrected chi connectivity index (χ1v) is 6.20. The van der Waals surface area contributed by atoms with Crippen LogP contribution in [0, 0.1) is 9.49 Å². The number of halogens is 1. The molecular weight excluding hydrogens is 305 g/mol. The second-order valence-corrected chi connectivity index (χ2v) is 4.99. The minimum absolute atomic E-state index is 0.276. The first-order valence-electron chi connectivity index (χ1n) is 5.12. The molecule has 2 rings (SSSR count). The maximum absolute atomic E-state index is 9.16. The van der Waals surface area contributed by atoms with Crippen LogP contribution in [0.5, 0.6) is 0 Å². The third-order valence-corrected chi connectivity index (χ3v) is 3.49. The van der Waals surface area contributed by atoms with E-state index in [4.69, 9.17) is 5.11 Å². The summed E-state index contributed by atoms with van der Waals surface area (Å²) in [6.45, 7) is 2.21. The van der Waals surface area contributed by atoms with Crippen LogP contribution in [0.1, 0.15) is 12.8 Å². The highest BCUT2D eigenvalue weighted by atomic mass is 127. The molecule has 82 valence electrons. The number of aliphatic hydroxyl groups excluding tert-OH is 1. The number of aliphatic hydroxyl groups is 1. The normalized spacial score (nSPS) is 21.7. The third-order valence-electron chi connectivity index (χ3n) is 2.72. The average Bonchev–Trinajstić information content (AvgIpc) is 2.30. The van der Waals surface area contributed by atoms with E-state index in [1.165, 1.54) is 0 Å². The molecule has 0 aromatic carbocycles. The Morgan fingerprint density at radius 3 is 3.20 bits per heavy atom. The lowest BCUT2D eigenvalue weighted by Crippen LogP contribution is -2.37. The molecule has 1 saturated heterocycles. The molecule has 1 N–H and O–H groups in total. The van der Waals surface area contributed by atoms with E-state index in [9.17, 15) is 0 Å². The van der Waals surface area contributed by atoms with Gasteiger partial charge in [-0.2, -0.15) is 0 Å². The molecule has 2 heterocycles. The highest BCUT2D eigenvalue weighted by Gasteiger charge is 2.21.